The first-order valence-electron chi connectivity index (χ1n) is 18.6. The molecule has 3 aromatic carbocycles. The van der Waals surface area contributed by atoms with Gasteiger partial charge in [0.05, 0.1) is 6.67 Å². The van der Waals surface area contributed by atoms with E-state index in [0.717, 1.165) is 47.5 Å². The van der Waals surface area contributed by atoms with Crippen LogP contribution in [-0.4, -0.2) is 13.2 Å². The van der Waals surface area contributed by atoms with Crippen molar-refractivity contribution in [3.05, 3.63) is 125 Å². The standard InChI is InChI=1S/C34H36S.C7H14.C3H8FN.C2H4/c1-4-24(3)28-17-19-30-29(22-28)10-7-11-32(31-18-12-23(2)20-33(31)35)34(30)27-15-13-26(14-16-27)21-25-8-5-6-9-25;1-6-3-4-7(2)5-6;4-2-1-3-5;1-2/h12-20,22,25,35H,1,5-11,21H2,2-3H3;6-7H,3-5H2,1-2H3;1-3,5H2;1-2H2. The van der Waals surface area contributed by atoms with Gasteiger partial charge in [-0.05, 0) is 138 Å². The van der Waals surface area contributed by atoms with Gasteiger partial charge in [0.25, 0.3) is 0 Å². The Morgan fingerprint density at radius 3 is 2.06 bits per heavy atom. The molecule has 3 heteroatoms. The van der Waals surface area contributed by atoms with Crippen LogP contribution in [-0.2, 0) is 12.8 Å². The number of rotatable bonds is 7. The molecule has 2 N–H and O–H groups in total. The summed E-state index contributed by atoms with van der Waals surface area (Å²) >= 11 is 4.92. The molecule has 3 aliphatic carbocycles. The van der Waals surface area contributed by atoms with Gasteiger partial charge in [0.1, 0.15) is 0 Å². The van der Waals surface area contributed by atoms with Crippen LogP contribution >= 0.6 is 12.6 Å². The van der Waals surface area contributed by atoms with E-state index in [1.54, 1.807) is 0 Å². The molecule has 3 aliphatic rings. The van der Waals surface area contributed by atoms with Gasteiger partial charge in [-0.15, -0.1) is 31.5 Å². The molecule has 0 bridgehead atoms. The Morgan fingerprint density at radius 1 is 0.878 bits per heavy atom. The lowest BCUT2D eigenvalue weighted by atomic mass is 9.86. The molecule has 0 saturated heterocycles. The maximum Gasteiger partial charge on any atom is 0.0906 e. The van der Waals surface area contributed by atoms with Crippen molar-refractivity contribution < 1.29 is 4.39 Å². The number of halogens is 1. The average molecular weight is 680 g/mol. The summed E-state index contributed by atoms with van der Waals surface area (Å²) in [5.74, 6) is 2.91. The molecule has 1 nitrogen and oxygen atoms in total. The highest BCUT2D eigenvalue weighted by molar-refractivity contribution is 7.80. The van der Waals surface area contributed by atoms with Crippen LogP contribution < -0.4 is 5.73 Å². The first kappa shape index (κ1) is 40.3. The molecule has 0 spiro atoms. The zero-order valence-corrected chi connectivity index (χ0v) is 31.8. The summed E-state index contributed by atoms with van der Waals surface area (Å²) in [5.41, 5.74) is 21.2. The maximum absolute atomic E-state index is 10.9. The van der Waals surface area contributed by atoms with Crippen molar-refractivity contribution in [2.45, 2.75) is 110 Å². The van der Waals surface area contributed by atoms with E-state index in [4.69, 9.17) is 18.4 Å². The third kappa shape index (κ3) is 12.0. The first-order valence-corrected chi connectivity index (χ1v) is 19.1. The quantitative estimate of drug-likeness (QED) is 0.145. The number of benzene rings is 3. The average Bonchev–Trinajstić information content (AvgIpc) is 3.72. The number of nitrogens with two attached hydrogens (primary N) is 1. The normalized spacial score (nSPS) is 18.4. The Morgan fingerprint density at radius 2 is 1.53 bits per heavy atom. The molecule has 2 fully saturated rings. The Kier molecular flexibility index (Phi) is 17.4. The van der Waals surface area contributed by atoms with Gasteiger partial charge in [-0.25, -0.2) is 0 Å². The van der Waals surface area contributed by atoms with Gasteiger partial charge in [-0.1, -0.05) is 114 Å². The summed E-state index contributed by atoms with van der Waals surface area (Å²) in [5, 5.41) is 0. The highest BCUT2D eigenvalue weighted by Crippen LogP contribution is 2.42. The van der Waals surface area contributed by atoms with Crippen molar-refractivity contribution in [2.24, 2.45) is 23.5 Å². The Hall–Kier alpha value is -3.10. The van der Waals surface area contributed by atoms with E-state index >= 15 is 0 Å². The summed E-state index contributed by atoms with van der Waals surface area (Å²) in [4.78, 5) is 1.07. The lowest BCUT2D eigenvalue weighted by molar-refractivity contribution is 0.477. The second kappa shape index (κ2) is 21.2. The van der Waals surface area contributed by atoms with Crippen molar-refractivity contribution in [1.29, 1.82) is 0 Å². The molecule has 0 amide bonds. The number of fused-ring (bicyclic) bond motifs is 1. The van der Waals surface area contributed by atoms with Gasteiger partial charge >= 0.3 is 0 Å². The second-order valence-electron chi connectivity index (χ2n) is 14.3. The monoisotopic (exact) mass is 679 g/mol. The van der Waals surface area contributed by atoms with Crippen LogP contribution in [0.3, 0.4) is 0 Å². The molecule has 2 atom stereocenters. The van der Waals surface area contributed by atoms with Crippen molar-refractivity contribution in [3.63, 3.8) is 0 Å². The van der Waals surface area contributed by atoms with Crippen LogP contribution in [0.25, 0.3) is 16.7 Å². The van der Waals surface area contributed by atoms with Gasteiger partial charge < -0.3 is 5.73 Å². The van der Waals surface area contributed by atoms with E-state index < -0.39 is 0 Å². The number of hydrogen-bond acceptors (Lipinski definition) is 2. The fourth-order valence-electron chi connectivity index (χ4n) is 7.54. The fraction of sp³-hybridized carbons (Fsp3) is 0.457. The van der Waals surface area contributed by atoms with Crippen molar-refractivity contribution >= 4 is 29.3 Å². The summed E-state index contributed by atoms with van der Waals surface area (Å²) < 4.78 is 10.9. The predicted octanol–water partition coefficient (Wildman–Crippen LogP) is 13.0. The number of thiol groups is 1. The molecule has 0 heterocycles. The maximum atomic E-state index is 10.9. The molecule has 6 rings (SSSR count). The van der Waals surface area contributed by atoms with Crippen LogP contribution in [0.2, 0.25) is 0 Å². The van der Waals surface area contributed by atoms with Crippen molar-refractivity contribution in [1.82, 2.24) is 0 Å². The zero-order chi connectivity index (χ0) is 35.8. The molecular formula is C46H62FNS. The van der Waals surface area contributed by atoms with Gasteiger partial charge in [-0.3, -0.25) is 4.39 Å². The number of aryl methyl sites for hydroxylation is 2. The molecule has 0 radical (unpaired) electrons. The van der Waals surface area contributed by atoms with Crippen LogP contribution in [0.1, 0.15) is 124 Å². The topological polar surface area (TPSA) is 26.0 Å². The Balaban J connectivity index is 0.000000391. The number of hydrogen-bond donors (Lipinski definition) is 2. The largest absolute Gasteiger partial charge is 0.330 e. The van der Waals surface area contributed by atoms with Crippen molar-refractivity contribution in [3.8, 4) is 0 Å². The summed E-state index contributed by atoms with van der Waals surface area (Å²) in [6, 6.07) is 23.1. The molecular weight excluding hydrogens is 618 g/mol. The van der Waals surface area contributed by atoms with Gasteiger partial charge in [0, 0.05) is 4.90 Å². The Labute approximate surface area is 304 Å². The second-order valence-corrected chi connectivity index (χ2v) is 14.8. The SMILES string of the molecule is C=C.C=C=C(C)c1ccc2c(c1)CCCC(c1ccc(C)cc1S)=C2c1ccc(CC2CCCC2)cc1.CC1CCC(C)C1.NCCCF. The summed E-state index contributed by atoms with van der Waals surface area (Å²) in [7, 11) is 0. The summed E-state index contributed by atoms with van der Waals surface area (Å²) in [6.07, 6.45) is 15.0. The summed E-state index contributed by atoms with van der Waals surface area (Å²) in [6.45, 7) is 19.0. The van der Waals surface area contributed by atoms with Crippen LogP contribution in [0.4, 0.5) is 4.39 Å². The number of allylic oxidation sites excluding steroid dienone is 2. The number of alkyl halides is 1. The molecule has 0 aliphatic heterocycles. The van der Waals surface area contributed by atoms with E-state index in [0.29, 0.717) is 13.0 Å². The van der Waals surface area contributed by atoms with E-state index in [9.17, 15) is 4.39 Å². The van der Waals surface area contributed by atoms with E-state index in [1.807, 2.05) is 0 Å². The van der Waals surface area contributed by atoms with Gasteiger partial charge in [0.2, 0.25) is 0 Å². The van der Waals surface area contributed by atoms with Gasteiger partial charge in [-0.2, -0.15) is 0 Å². The smallest absolute Gasteiger partial charge is 0.0906 e. The minimum atomic E-state index is -0.281. The molecule has 3 aromatic rings. The van der Waals surface area contributed by atoms with Crippen molar-refractivity contribution in [2.75, 3.05) is 13.2 Å². The zero-order valence-electron chi connectivity index (χ0n) is 30.9. The van der Waals surface area contributed by atoms with Crippen LogP contribution in [0, 0.1) is 24.7 Å². The predicted molar refractivity (Wildman–Crippen MR) is 217 cm³/mol. The lowest BCUT2D eigenvalue weighted by Gasteiger charge is -2.19. The first-order chi connectivity index (χ1) is 23.7. The third-order valence-corrected chi connectivity index (χ3v) is 10.6. The van der Waals surface area contributed by atoms with Crippen LogP contribution in [0.15, 0.2) is 91.0 Å². The third-order valence-electron chi connectivity index (χ3n) is 10.3. The minimum absolute atomic E-state index is 0.281. The Bertz CT molecular complexity index is 1530. The van der Waals surface area contributed by atoms with Crippen LogP contribution in [0.5, 0.6) is 0 Å². The van der Waals surface area contributed by atoms with Gasteiger partial charge in [0.15, 0.2) is 0 Å². The fourth-order valence-corrected chi connectivity index (χ4v) is 7.96. The minimum Gasteiger partial charge on any atom is -0.330 e. The molecule has 2 saturated carbocycles. The molecule has 2 unspecified atom stereocenters. The molecule has 49 heavy (non-hydrogen) atoms. The molecule has 264 valence electrons. The van der Waals surface area contributed by atoms with E-state index in [-0.39, 0.29) is 6.67 Å². The highest BCUT2D eigenvalue weighted by Gasteiger charge is 2.22. The lowest BCUT2D eigenvalue weighted by Crippen LogP contribution is -2.00. The highest BCUT2D eigenvalue weighted by atomic mass is 32.1. The van der Waals surface area contributed by atoms with E-state index in [1.165, 1.54) is 101 Å². The molecule has 0 aromatic heterocycles. The van der Waals surface area contributed by atoms with E-state index in [2.05, 4.69) is 114 Å².